The Morgan fingerprint density at radius 2 is 1.93 bits per heavy atom. The molecule has 0 aliphatic carbocycles. The lowest BCUT2D eigenvalue weighted by molar-refractivity contribution is 0.0669. The lowest BCUT2D eigenvalue weighted by Crippen LogP contribution is -2.37. The number of piperidine rings is 1. The van der Waals surface area contributed by atoms with Crippen LogP contribution in [0.4, 0.5) is 0 Å². The van der Waals surface area contributed by atoms with Crippen molar-refractivity contribution in [3.8, 4) is 22.8 Å². The van der Waals surface area contributed by atoms with E-state index in [9.17, 15) is 5.11 Å². The zero-order chi connectivity index (χ0) is 20.4. The maximum Gasteiger partial charge on any atom is 0.162 e. The van der Waals surface area contributed by atoms with Crippen LogP contribution in [0.2, 0.25) is 5.02 Å². The van der Waals surface area contributed by atoms with Gasteiger partial charge in [0.25, 0.3) is 0 Å². The van der Waals surface area contributed by atoms with E-state index < -0.39 is 0 Å². The number of methoxy groups -OCH3 is 2. The molecule has 1 aliphatic heterocycles. The van der Waals surface area contributed by atoms with E-state index in [2.05, 4.69) is 11.0 Å². The molecule has 4 rings (SSSR count). The third kappa shape index (κ3) is 4.32. The molecule has 152 valence electrons. The summed E-state index contributed by atoms with van der Waals surface area (Å²) < 4.78 is 10.9. The third-order valence-electron chi connectivity index (χ3n) is 5.37. The normalized spacial score (nSPS) is 17.4. The predicted molar refractivity (Wildman–Crippen MR) is 116 cm³/mol. The van der Waals surface area contributed by atoms with Crippen molar-refractivity contribution >= 4 is 22.5 Å². The molecule has 1 atom stereocenters. The van der Waals surface area contributed by atoms with Crippen molar-refractivity contribution in [3.05, 3.63) is 53.1 Å². The van der Waals surface area contributed by atoms with E-state index in [4.69, 9.17) is 26.1 Å². The molecule has 1 fully saturated rings. The minimum absolute atomic E-state index is 0.267. The number of pyridine rings is 1. The van der Waals surface area contributed by atoms with Gasteiger partial charge < -0.3 is 14.6 Å². The number of halogens is 1. The fraction of sp³-hybridized carbons (Fsp3) is 0.348. The number of hydrogen-bond donors (Lipinski definition) is 1. The second-order valence-corrected chi connectivity index (χ2v) is 7.87. The molecule has 0 saturated carbocycles. The molecule has 0 amide bonds. The Hall–Kier alpha value is -2.34. The second-order valence-electron chi connectivity index (χ2n) is 7.44. The highest BCUT2D eigenvalue weighted by atomic mass is 35.5. The average molecular weight is 413 g/mol. The van der Waals surface area contributed by atoms with Gasteiger partial charge in [-0.3, -0.25) is 4.90 Å². The van der Waals surface area contributed by atoms with Crippen molar-refractivity contribution in [2.24, 2.45) is 0 Å². The van der Waals surface area contributed by atoms with Crippen LogP contribution in [0, 0.1) is 0 Å². The minimum Gasteiger partial charge on any atom is -0.493 e. The van der Waals surface area contributed by atoms with Crippen LogP contribution in [0.25, 0.3) is 22.2 Å². The van der Waals surface area contributed by atoms with Crippen molar-refractivity contribution in [1.29, 1.82) is 0 Å². The third-order valence-corrected chi connectivity index (χ3v) is 5.61. The van der Waals surface area contributed by atoms with Gasteiger partial charge in [-0.05, 0) is 49.2 Å². The van der Waals surface area contributed by atoms with E-state index in [0.29, 0.717) is 23.1 Å². The van der Waals surface area contributed by atoms with Crippen molar-refractivity contribution in [1.82, 2.24) is 9.88 Å². The van der Waals surface area contributed by atoms with Crippen LogP contribution in [0.15, 0.2) is 42.5 Å². The fourth-order valence-electron chi connectivity index (χ4n) is 3.97. The van der Waals surface area contributed by atoms with E-state index in [-0.39, 0.29) is 6.10 Å². The highest BCUT2D eigenvalue weighted by Gasteiger charge is 2.20. The maximum atomic E-state index is 10.1. The highest BCUT2D eigenvalue weighted by Crippen LogP contribution is 2.35. The lowest BCUT2D eigenvalue weighted by Gasteiger charge is -2.30. The summed E-state index contributed by atoms with van der Waals surface area (Å²) >= 11 is 6.26. The van der Waals surface area contributed by atoms with E-state index in [1.165, 1.54) is 0 Å². The number of rotatable bonds is 5. The first kappa shape index (κ1) is 20.0. The molecule has 1 aromatic heterocycles. The quantitative estimate of drug-likeness (QED) is 0.667. The summed E-state index contributed by atoms with van der Waals surface area (Å²) in [4.78, 5) is 7.26. The van der Waals surface area contributed by atoms with Crippen LogP contribution >= 0.6 is 11.6 Å². The first-order valence-electron chi connectivity index (χ1n) is 9.79. The van der Waals surface area contributed by atoms with Gasteiger partial charge in [0.05, 0.1) is 31.5 Å². The molecule has 29 heavy (non-hydrogen) atoms. The number of aliphatic hydroxyl groups excluding tert-OH is 1. The molecule has 0 unspecified atom stereocenters. The van der Waals surface area contributed by atoms with Crippen molar-refractivity contribution in [2.45, 2.75) is 25.5 Å². The Labute approximate surface area is 175 Å². The fourth-order valence-corrected chi connectivity index (χ4v) is 4.16. The van der Waals surface area contributed by atoms with Crippen molar-refractivity contribution in [3.63, 3.8) is 0 Å². The molecule has 1 saturated heterocycles. The van der Waals surface area contributed by atoms with Crippen LogP contribution in [0.1, 0.15) is 18.4 Å². The SMILES string of the molecule is COc1cc2cc(CN3CCC[C@H](O)C3)c(-c3cccc(Cl)c3)nc2cc1OC. The molecule has 2 aromatic carbocycles. The largest absolute Gasteiger partial charge is 0.493 e. The summed E-state index contributed by atoms with van der Waals surface area (Å²) in [7, 11) is 3.26. The van der Waals surface area contributed by atoms with Gasteiger partial charge in [0.1, 0.15) is 0 Å². The molecule has 3 aromatic rings. The summed E-state index contributed by atoms with van der Waals surface area (Å²) in [6.45, 7) is 2.37. The van der Waals surface area contributed by atoms with Gasteiger partial charge in [0.15, 0.2) is 11.5 Å². The number of benzene rings is 2. The van der Waals surface area contributed by atoms with Crippen LogP contribution in [0.3, 0.4) is 0 Å². The Morgan fingerprint density at radius 1 is 1.14 bits per heavy atom. The van der Waals surface area contributed by atoms with E-state index in [1.54, 1.807) is 14.2 Å². The summed E-state index contributed by atoms with van der Waals surface area (Å²) in [5, 5.41) is 11.7. The average Bonchev–Trinajstić information content (AvgIpc) is 2.72. The number of hydrogen-bond acceptors (Lipinski definition) is 5. The molecule has 1 N–H and O–H groups in total. The van der Waals surface area contributed by atoms with E-state index in [1.807, 2.05) is 36.4 Å². The van der Waals surface area contributed by atoms with Gasteiger partial charge in [-0.1, -0.05) is 23.7 Å². The number of fused-ring (bicyclic) bond motifs is 1. The Bertz CT molecular complexity index is 1020. The van der Waals surface area contributed by atoms with Crippen LogP contribution in [0.5, 0.6) is 11.5 Å². The van der Waals surface area contributed by atoms with Gasteiger partial charge in [-0.15, -0.1) is 0 Å². The molecule has 1 aliphatic rings. The van der Waals surface area contributed by atoms with Crippen molar-refractivity contribution < 1.29 is 14.6 Å². The van der Waals surface area contributed by atoms with Crippen molar-refractivity contribution in [2.75, 3.05) is 27.3 Å². The predicted octanol–water partition coefficient (Wildman–Crippen LogP) is 4.53. The monoisotopic (exact) mass is 412 g/mol. The number of nitrogens with zero attached hydrogens (tertiary/aromatic N) is 2. The first-order chi connectivity index (χ1) is 14.1. The zero-order valence-electron chi connectivity index (χ0n) is 16.7. The molecule has 0 bridgehead atoms. The molecular weight excluding hydrogens is 388 g/mol. The zero-order valence-corrected chi connectivity index (χ0v) is 17.4. The molecule has 0 spiro atoms. The van der Waals surface area contributed by atoms with Crippen LogP contribution < -0.4 is 9.47 Å². The summed E-state index contributed by atoms with van der Waals surface area (Å²) in [5.74, 6) is 1.33. The summed E-state index contributed by atoms with van der Waals surface area (Å²) in [5.41, 5.74) is 3.80. The topological polar surface area (TPSA) is 54.8 Å². The summed E-state index contributed by atoms with van der Waals surface area (Å²) in [6, 6.07) is 13.8. The molecule has 0 radical (unpaired) electrons. The van der Waals surface area contributed by atoms with Crippen LogP contribution in [-0.4, -0.2) is 48.4 Å². The van der Waals surface area contributed by atoms with Gasteiger partial charge in [-0.25, -0.2) is 4.98 Å². The van der Waals surface area contributed by atoms with Gasteiger partial charge in [0.2, 0.25) is 0 Å². The number of β-amino-alcohol motifs (C(OH)–C–C–N with tert-alkyl or cyclic N) is 1. The molecule has 6 heteroatoms. The second kappa shape index (κ2) is 8.57. The minimum atomic E-state index is -0.267. The number of likely N-dealkylation sites (tertiary alicyclic amines) is 1. The number of aromatic nitrogens is 1. The van der Waals surface area contributed by atoms with Crippen LogP contribution in [-0.2, 0) is 6.54 Å². The molecular formula is C23H25ClN2O3. The van der Waals surface area contributed by atoms with E-state index in [0.717, 1.165) is 53.7 Å². The molecule has 5 nitrogen and oxygen atoms in total. The van der Waals surface area contributed by atoms with Gasteiger partial charge in [-0.2, -0.15) is 0 Å². The maximum absolute atomic E-state index is 10.1. The smallest absolute Gasteiger partial charge is 0.162 e. The first-order valence-corrected chi connectivity index (χ1v) is 10.2. The molecule has 2 heterocycles. The van der Waals surface area contributed by atoms with E-state index >= 15 is 0 Å². The van der Waals surface area contributed by atoms with Gasteiger partial charge in [0, 0.05) is 35.1 Å². The Balaban J connectivity index is 1.84. The summed E-state index contributed by atoms with van der Waals surface area (Å²) in [6.07, 6.45) is 1.60. The van der Waals surface area contributed by atoms with Gasteiger partial charge >= 0.3 is 0 Å². The number of ether oxygens (including phenoxy) is 2. The Morgan fingerprint density at radius 3 is 2.66 bits per heavy atom. The standard InChI is InChI=1S/C23H25ClN2O3/c1-28-21-11-16-9-17(13-26-8-4-7-19(27)14-26)23(15-5-3-6-18(24)10-15)25-20(16)12-22(21)29-2/h3,5-6,9-12,19,27H,4,7-8,13-14H2,1-2H3/t19-/m0/s1. The highest BCUT2D eigenvalue weighted by molar-refractivity contribution is 6.30. The lowest BCUT2D eigenvalue weighted by atomic mass is 10.0. The Kier molecular flexibility index (Phi) is 5.90. The number of aliphatic hydroxyl groups is 1.